The molecule has 1 aliphatic heterocycles. The van der Waals surface area contributed by atoms with Gasteiger partial charge in [0.2, 0.25) is 0 Å². The van der Waals surface area contributed by atoms with Gasteiger partial charge >= 0.3 is 12.1 Å². The number of nitrogens with zero attached hydrogens (tertiary/aromatic N) is 3. The Bertz CT molecular complexity index is 675. The number of anilines is 1. The van der Waals surface area contributed by atoms with E-state index in [0.717, 1.165) is 0 Å². The van der Waals surface area contributed by atoms with Crippen LogP contribution in [0.25, 0.3) is 0 Å². The smallest absolute Gasteiger partial charge is 0.410 e. The van der Waals surface area contributed by atoms with Crippen LogP contribution in [0.15, 0.2) is 12.3 Å². The zero-order valence-electron chi connectivity index (χ0n) is 15.9. The lowest BCUT2D eigenvalue weighted by molar-refractivity contribution is 0.0217. The highest BCUT2D eigenvalue weighted by Crippen LogP contribution is 2.28. The molecule has 26 heavy (non-hydrogen) atoms. The van der Waals surface area contributed by atoms with Gasteiger partial charge in [-0.25, -0.2) is 14.6 Å². The summed E-state index contributed by atoms with van der Waals surface area (Å²) in [5.74, 6) is -0.437. The highest BCUT2D eigenvalue weighted by molar-refractivity contribution is 6.29. The van der Waals surface area contributed by atoms with Crippen LogP contribution in [0, 0.1) is 0 Å². The molecule has 1 fully saturated rings. The first-order valence-corrected chi connectivity index (χ1v) is 9.07. The maximum atomic E-state index is 12.3. The van der Waals surface area contributed by atoms with Crippen LogP contribution in [-0.2, 0) is 9.47 Å². The van der Waals surface area contributed by atoms with E-state index in [2.05, 4.69) is 4.98 Å². The highest BCUT2D eigenvalue weighted by atomic mass is 35.5. The fourth-order valence-electron chi connectivity index (χ4n) is 2.83. The van der Waals surface area contributed by atoms with E-state index in [1.165, 1.54) is 6.20 Å². The summed E-state index contributed by atoms with van der Waals surface area (Å²) >= 11 is 6.04. The maximum absolute atomic E-state index is 12.3. The number of pyridine rings is 1. The lowest BCUT2D eigenvalue weighted by Crippen LogP contribution is -2.55. The molecule has 144 valence electrons. The molecular weight excluding hydrogens is 358 g/mol. The number of piperazine rings is 1. The van der Waals surface area contributed by atoms with Crippen molar-refractivity contribution >= 4 is 29.4 Å². The third kappa shape index (κ3) is 5.00. The number of halogens is 1. The van der Waals surface area contributed by atoms with Gasteiger partial charge in [0.15, 0.2) is 0 Å². The quantitative estimate of drug-likeness (QED) is 0.588. The van der Waals surface area contributed by atoms with Gasteiger partial charge in [-0.15, -0.1) is 0 Å². The van der Waals surface area contributed by atoms with Crippen LogP contribution < -0.4 is 4.90 Å². The molecule has 1 atom stereocenters. The van der Waals surface area contributed by atoms with Crippen LogP contribution in [0.3, 0.4) is 0 Å². The molecule has 0 aromatic carbocycles. The molecule has 0 bridgehead atoms. The van der Waals surface area contributed by atoms with E-state index in [1.54, 1.807) is 17.9 Å². The molecule has 0 unspecified atom stereocenters. The zero-order valence-corrected chi connectivity index (χ0v) is 16.7. The second kappa shape index (κ2) is 8.12. The molecule has 1 aromatic rings. The monoisotopic (exact) mass is 383 g/mol. The molecule has 2 rings (SSSR count). The van der Waals surface area contributed by atoms with Crippen LogP contribution in [0.4, 0.5) is 10.5 Å². The van der Waals surface area contributed by atoms with Crippen molar-refractivity contribution in [1.29, 1.82) is 0 Å². The molecule has 1 aromatic heterocycles. The Morgan fingerprint density at radius 3 is 2.62 bits per heavy atom. The van der Waals surface area contributed by atoms with Crippen molar-refractivity contribution in [3.63, 3.8) is 0 Å². The summed E-state index contributed by atoms with van der Waals surface area (Å²) < 4.78 is 10.6. The minimum Gasteiger partial charge on any atom is -0.462 e. The fourth-order valence-corrected chi connectivity index (χ4v) is 2.98. The average molecular weight is 384 g/mol. The fraction of sp³-hybridized carbons (Fsp3) is 0.611. The maximum Gasteiger partial charge on any atom is 0.410 e. The lowest BCUT2D eigenvalue weighted by Gasteiger charge is -2.41. The first-order valence-electron chi connectivity index (χ1n) is 8.69. The van der Waals surface area contributed by atoms with Crippen LogP contribution in [0.2, 0.25) is 5.15 Å². The molecule has 0 spiro atoms. The minimum atomic E-state index is -0.535. The predicted octanol–water partition coefficient (Wildman–Crippen LogP) is 3.36. The Kier molecular flexibility index (Phi) is 6.34. The zero-order chi connectivity index (χ0) is 19.5. The minimum absolute atomic E-state index is 0.0251. The van der Waals surface area contributed by atoms with Crippen molar-refractivity contribution in [3.8, 4) is 0 Å². The topological polar surface area (TPSA) is 72.0 Å². The molecule has 0 radical (unpaired) electrons. The van der Waals surface area contributed by atoms with Crippen molar-refractivity contribution < 1.29 is 19.1 Å². The van der Waals surface area contributed by atoms with E-state index in [-0.39, 0.29) is 18.7 Å². The Morgan fingerprint density at radius 1 is 1.35 bits per heavy atom. The van der Waals surface area contributed by atoms with Gasteiger partial charge in [-0.05, 0) is 40.7 Å². The van der Waals surface area contributed by atoms with Gasteiger partial charge in [0.05, 0.1) is 12.3 Å². The number of rotatable bonds is 3. The molecule has 0 N–H and O–H groups in total. The summed E-state index contributed by atoms with van der Waals surface area (Å²) in [5.41, 5.74) is 0.501. The Balaban J connectivity index is 2.18. The molecule has 0 saturated carbocycles. The van der Waals surface area contributed by atoms with Crippen molar-refractivity contribution in [3.05, 3.63) is 23.0 Å². The first-order chi connectivity index (χ1) is 12.1. The van der Waals surface area contributed by atoms with Gasteiger partial charge in [0, 0.05) is 31.9 Å². The number of ether oxygens (including phenoxy) is 2. The van der Waals surface area contributed by atoms with E-state index in [1.807, 2.05) is 32.6 Å². The molecule has 2 heterocycles. The van der Waals surface area contributed by atoms with Gasteiger partial charge in [0.25, 0.3) is 0 Å². The number of esters is 1. The second-order valence-electron chi connectivity index (χ2n) is 7.21. The van der Waals surface area contributed by atoms with Crippen LogP contribution in [0.1, 0.15) is 45.0 Å². The SMILES string of the molecule is CCOC(=O)c1cnc(Cl)cc1N1CCN(C(=O)OC(C)(C)C)C[C@@H]1C. The molecule has 1 saturated heterocycles. The van der Waals surface area contributed by atoms with E-state index in [0.29, 0.717) is 36.0 Å². The van der Waals surface area contributed by atoms with Gasteiger partial charge in [-0.1, -0.05) is 11.6 Å². The summed E-state index contributed by atoms with van der Waals surface area (Å²) in [6, 6.07) is 1.64. The van der Waals surface area contributed by atoms with Crippen molar-refractivity contribution in [2.45, 2.75) is 46.3 Å². The summed E-state index contributed by atoms with van der Waals surface area (Å²) in [6.45, 7) is 11.1. The van der Waals surface area contributed by atoms with Gasteiger partial charge in [-0.2, -0.15) is 0 Å². The van der Waals surface area contributed by atoms with Crippen molar-refractivity contribution in [1.82, 2.24) is 9.88 Å². The molecule has 0 aliphatic carbocycles. The lowest BCUT2D eigenvalue weighted by atomic mass is 10.1. The number of aromatic nitrogens is 1. The first kappa shape index (κ1) is 20.3. The second-order valence-corrected chi connectivity index (χ2v) is 7.60. The number of amides is 1. The summed E-state index contributed by atoms with van der Waals surface area (Å²) in [4.78, 5) is 32.3. The van der Waals surface area contributed by atoms with Gasteiger partial charge < -0.3 is 19.3 Å². The predicted molar refractivity (Wildman–Crippen MR) is 99.8 cm³/mol. The summed E-state index contributed by atoms with van der Waals surface area (Å²) in [7, 11) is 0. The average Bonchev–Trinajstić information content (AvgIpc) is 2.53. The Labute approximate surface area is 159 Å². The van der Waals surface area contributed by atoms with Crippen molar-refractivity contribution in [2.75, 3.05) is 31.1 Å². The number of hydrogen-bond donors (Lipinski definition) is 0. The van der Waals surface area contributed by atoms with Crippen LogP contribution in [-0.4, -0.2) is 59.8 Å². The molecular formula is C18H26ClN3O4. The van der Waals surface area contributed by atoms with Crippen molar-refractivity contribution in [2.24, 2.45) is 0 Å². The van der Waals surface area contributed by atoms with E-state index >= 15 is 0 Å². The largest absolute Gasteiger partial charge is 0.462 e. The van der Waals surface area contributed by atoms with E-state index < -0.39 is 11.6 Å². The van der Waals surface area contributed by atoms with Gasteiger partial charge in [-0.3, -0.25) is 0 Å². The van der Waals surface area contributed by atoms with Crippen LogP contribution in [0.5, 0.6) is 0 Å². The third-order valence-corrected chi connectivity index (χ3v) is 4.14. The van der Waals surface area contributed by atoms with Crippen LogP contribution >= 0.6 is 11.6 Å². The van der Waals surface area contributed by atoms with E-state index in [4.69, 9.17) is 21.1 Å². The van der Waals surface area contributed by atoms with Gasteiger partial charge in [0.1, 0.15) is 16.3 Å². The molecule has 8 heteroatoms. The van der Waals surface area contributed by atoms with E-state index in [9.17, 15) is 9.59 Å². The molecule has 7 nitrogen and oxygen atoms in total. The molecule has 1 amide bonds. The normalized spacial score (nSPS) is 17.8. The summed E-state index contributed by atoms with van der Waals surface area (Å²) in [5, 5.41) is 0.301. The standard InChI is InChI=1S/C18H26ClN3O4/c1-6-25-16(23)13-10-20-15(19)9-14(13)22-8-7-21(11-12(22)2)17(24)26-18(3,4)5/h9-10,12H,6-8,11H2,1-5H3/t12-/m0/s1. The Morgan fingerprint density at radius 2 is 2.04 bits per heavy atom. The number of carbonyl (C=O) groups is 2. The third-order valence-electron chi connectivity index (χ3n) is 3.93. The molecule has 1 aliphatic rings. The summed E-state index contributed by atoms with van der Waals surface area (Å²) in [6.07, 6.45) is 1.10. The Hall–Kier alpha value is -2.02. The number of carbonyl (C=O) groups excluding carboxylic acids is 2. The highest BCUT2D eigenvalue weighted by Gasteiger charge is 2.32. The number of hydrogen-bond acceptors (Lipinski definition) is 6.